The summed E-state index contributed by atoms with van der Waals surface area (Å²) in [5.41, 5.74) is 2.01. The zero-order chi connectivity index (χ0) is 15.1. The fourth-order valence-electron chi connectivity index (χ4n) is 2.20. The summed E-state index contributed by atoms with van der Waals surface area (Å²) in [5.74, 6) is 2.51. The number of nitrogens with one attached hydrogen (secondary N) is 2. The molecule has 21 heavy (non-hydrogen) atoms. The number of benzene rings is 1. The lowest BCUT2D eigenvalue weighted by atomic mass is 10.1. The zero-order valence-corrected chi connectivity index (χ0v) is 12.8. The maximum Gasteiger partial charge on any atom is 0.142 e. The third kappa shape index (κ3) is 3.62. The molecule has 112 valence electrons. The second kappa shape index (κ2) is 7.47. The van der Waals surface area contributed by atoms with E-state index in [1.54, 1.807) is 6.33 Å². The van der Waals surface area contributed by atoms with Crippen molar-refractivity contribution in [2.75, 3.05) is 24.3 Å². The topological polar surface area (TPSA) is 59.1 Å². The number of rotatable bonds is 7. The van der Waals surface area contributed by atoms with Gasteiger partial charge >= 0.3 is 0 Å². The minimum Gasteiger partial charge on any atom is -0.492 e. The van der Waals surface area contributed by atoms with Crippen LogP contribution in [0.1, 0.15) is 25.8 Å². The highest BCUT2D eigenvalue weighted by Crippen LogP contribution is 2.30. The molecule has 0 aliphatic carbocycles. The molecule has 1 aromatic carbocycles. The van der Waals surface area contributed by atoms with E-state index in [0.29, 0.717) is 6.61 Å². The highest BCUT2D eigenvalue weighted by Gasteiger charge is 2.11. The van der Waals surface area contributed by atoms with Gasteiger partial charge in [0.25, 0.3) is 0 Å². The van der Waals surface area contributed by atoms with Crippen molar-refractivity contribution in [2.45, 2.75) is 26.7 Å². The van der Waals surface area contributed by atoms with Crippen molar-refractivity contribution >= 4 is 17.3 Å². The summed E-state index contributed by atoms with van der Waals surface area (Å²) in [6.07, 6.45) is 3.51. The molecule has 0 saturated carbocycles. The van der Waals surface area contributed by atoms with Crippen LogP contribution < -0.4 is 15.4 Å². The van der Waals surface area contributed by atoms with Gasteiger partial charge in [-0.25, -0.2) is 9.97 Å². The highest BCUT2D eigenvalue weighted by molar-refractivity contribution is 5.69. The minimum absolute atomic E-state index is 0.631. The van der Waals surface area contributed by atoms with Crippen LogP contribution >= 0.6 is 0 Å². The Balaban J connectivity index is 2.35. The molecule has 2 aromatic rings. The van der Waals surface area contributed by atoms with E-state index in [9.17, 15) is 0 Å². The van der Waals surface area contributed by atoms with E-state index in [2.05, 4.69) is 27.5 Å². The van der Waals surface area contributed by atoms with Gasteiger partial charge in [-0.05, 0) is 25.5 Å². The third-order valence-corrected chi connectivity index (χ3v) is 3.12. The standard InChI is InChI=1S/C16H22N4O/c1-4-8-12-15(17-3)18-11-19-16(12)20-13-9-6-7-10-14(13)21-5-2/h6-7,9-11H,4-5,8H2,1-3H3,(H2,17,18,19,20). The van der Waals surface area contributed by atoms with Crippen LogP contribution in [0, 0.1) is 0 Å². The first-order valence-corrected chi connectivity index (χ1v) is 7.30. The van der Waals surface area contributed by atoms with Gasteiger partial charge < -0.3 is 15.4 Å². The number of hydrogen-bond acceptors (Lipinski definition) is 5. The Morgan fingerprint density at radius 2 is 1.86 bits per heavy atom. The predicted octanol–water partition coefficient (Wildman–Crippen LogP) is 3.61. The summed E-state index contributed by atoms with van der Waals surface area (Å²) in [7, 11) is 1.87. The Bertz CT molecular complexity index is 586. The second-order valence-electron chi connectivity index (χ2n) is 4.60. The average Bonchev–Trinajstić information content (AvgIpc) is 2.51. The summed E-state index contributed by atoms with van der Waals surface area (Å²) in [6.45, 7) is 4.75. The molecule has 0 aliphatic rings. The Hall–Kier alpha value is -2.30. The van der Waals surface area contributed by atoms with Crippen LogP contribution in [0.15, 0.2) is 30.6 Å². The van der Waals surface area contributed by atoms with Crippen molar-refractivity contribution in [3.8, 4) is 5.75 Å². The number of anilines is 3. The minimum atomic E-state index is 0.631. The molecule has 0 aliphatic heterocycles. The third-order valence-electron chi connectivity index (χ3n) is 3.12. The lowest BCUT2D eigenvalue weighted by Gasteiger charge is -2.15. The summed E-state index contributed by atoms with van der Waals surface area (Å²) in [4.78, 5) is 8.67. The average molecular weight is 286 g/mol. The normalized spacial score (nSPS) is 10.2. The van der Waals surface area contributed by atoms with Crippen LogP contribution in [0.4, 0.5) is 17.3 Å². The van der Waals surface area contributed by atoms with Crippen LogP contribution in [-0.2, 0) is 6.42 Å². The summed E-state index contributed by atoms with van der Waals surface area (Å²) >= 11 is 0. The molecule has 5 heteroatoms. The number of nitrogens with zero attached hydrogens (tertiary/aromatic N) is 2. The molecule has 0 unspecified atom stereocenters. The maximum absolute atomic E-state index is 5.64. The van der Waals surface area contributed by atoms with Gasteiger partial charge in [-0.1, -0.05) is 25.5 Å². The van der Waals surface area contributed by atoms with E-state index in [0.717, 1.165) is 41.5 Å². The summed E-state index contributed by atoms with van der Waals surface area (Å²) in [6, 6.07) is 7.88. The van der Waals surface area contributed by atoms with E-state index >= 15 is 0 Å². The van der Waals surface area contributed by atoms with Gasteiger partial charge in [0.05, 0.1) is 12.3 Å². The summed E-state index contributed by atoms with van der Waals surface area (Å²) in [5, 5.41) is 6.49. The molecule has 1 aromatic heterocycles. The van der Waals surface area contributed by atoms with Crippen LogP contribution in [0.5, 0.6) is 5.75 Å². The number of ether oxygens (including phenoxy) is 1. The molecule has 2 rings (SSSR count). The van der Waals surface area contributed by atoms with Crippen molar-refractivity contribution in [3.63, 3.8) is 0 Å². The molecule has 1 heterocycles. The van der Waals surface area contributed by atoms with Crippen molar-refractivity contribution in [1.29, 1.82) is 0 Å². The Kier molecular flexibility index (Phi) is 5.37. The Labute approximate surface area is 125 Å². The fourth-order valence-corrected chi connectivity index (χ4v) is 2.20. The highest BCUT2D eigenvalue weighted by atomic mass is 16.5. The smallest absolute Gasteiger partial charge is 0.142 e. The number of hydrogen-bond donors (Lipinski definition) is 2. The van der Waals surface area contributed by atoms with Crippen LogP contribution in [0.25, 0.3) is 0 Å². The molecule has 0 radical (unpaired) electrons. The Morgan fingerprint density at radius 3 is 2.57 bits per heavy atom. The van der Waals surface area contributed by atoms with Gasteiger partial charge in [-0.2, -0.15) is 0 Å². The molecule has 0 atom stereocenters. The van der Waals surface area contributed by atoms with Crippen molar-refractivity contribution in [1.82, 2.24) is 9.97 Å². The first-order chi connectivity index (χ1) is 10.3. The van der Waals surface area contributed by atoms with Crippen LogP contribution in [-0.4, -0.2) is 23.6 Å². The van der Waals surface area contributed by atoms with Gasteiger partial charge in [0.1, 0.15) is 23.7 Å². The van der Waals surface area contributed by atoms with Gasteiger partial charge in [-0.3, -0.25) is 0 Å². The monoisotopic (exact) mass is 286 g/mol. The lowest BCUT2D eigenvalue weighted by molar-refractivity contribution is 0.342. The van der Waals surface area contributed by atoms with Crippen LogP contribution in [0.2, 0.25) is 0 Å². The SMILES string of the molecule is CCCc1c(NC)ncnc1Nc1ccccc1OCC. The molecule has 0 spiro atoms. The van der Waals surface area contributed by atoms with Gasteiger partial charge in [-0.15, -0.1) is 0 Å². The second-order valence-corrected chi connectivity index (χ2v) is 4.60. The molecule has 0 saturated heterocycles. The zero-order valence-electron chi connectivity index (χ0n) is 12.8. The predicted molar refractivity (Wildman–Crippen MR) is 86.5 cm³/mol. The van der Waals surface area contributed by atoms with Crippen molar-refractivity contribution < 1.29 is 4.74 Å². The quantitative estimate of drug-likeness (QED) is 0.814. The molecule has 0 bridgehead atoms. The van der Waals surface area contributed by atoms with E-state index in [1.807, 2.05) is 38.2 Å². The maximum atomic E-state index is 5.64. The largest absolute Gasteiger partial charge is 0.492 e. The van der Waals surface area contributed by atoms with Gasteiger partial charge in [0.2, 0.25) is 0 Å². The number of para-hydroxylation sites is 2. The summed E-state index contributed by atoms with van der Waals surface area (Å²) < 4.78 is 5.64. The molecule has 5 nitrogen and oxygen atoms in total. The van der Waals surface area contributed by atoms with Crippen molar-refractivity contribution in [2.24, 2.45) is 0 Å². The lowest BCUT2D eigenvalue weighted by Crippen LogP contribution is -2.06. The van der Waals surface area contributed by atoms with Crippen molar-refractivity contribution in [3.05, 3.63) is 36.2 Å². The number of aromatic nitrogens is 2. The van der Waals surface area contributed by atoms with Gasteiger partial charge in [0.15, 0.2) is 0 Å². The first-order valence-electron chi connectivity index (χ1n) is 7.30. The molecule has 0 amide bonds. The molecule has 2 N–H and O–H groups in total. The van der Waals surface area contributed by atoms with E-state index < -0.39 is 0 Å². The fraction of sp³-hybridized carbons (Fsp3) is 0.375. The van der Waals surface area contributed by atoms with E-state index in [4.69, 9.17) is 4.74 Å². The van der Waals surface area contributed by atoms with Gasteiger partial charge in [0, 0.05) is 12.6 Å². The van der Waals surface area contributed by atoms with E-state index in [-0.39, 0.29) is 0 Å². The van der Waals surface area contributed by atoms with E-state index in [1.165, 1.54) is 0 Å². The molecule has 0 fully saturated rings. The Morgan fingerprint density at radius 1 is 1.10 bits per heavy atom. The van der Waals surface area contributed by atoms with Crippen LogP contribution in [0.3, 0.4) is 0 Å². The molecular weight excluding hydrogens is 264 g/mol. The first kappa shape index (κ1) is 15.1. The molecular formula is C16H22N4O.